The highest BCUT2D eigenvalue weighted by molar-refractivity contribution is 5.89. The third-order valence-corrected chi connectivity index (χ3v) is 6.13. The molecule has 0 spiro atoms. The summed E-state index contributed by atoms with van der Waals surface area (Å²) in [6.07, 6.45) is 4.97. The molecule has 3 rings (SSSR count). The van der Waals surface area contributed by atoms with Crippen LogP contribution in [-0.4, -0.2) is 43.2 Å². The Bertz CT molecular complexity index is 867. The zero-order valence-electron chi connectivity index (χ0n) is 19.3. The van der Waals surface area contributed by atoms with E-state index in [1.165, 1.54) is 6.42 Å². The van der Waals surface area contributed by atoms with Crippen molar-refractivity contribution in [1.29, 1.82) is 0 Å². The van der Waals surface area contributed by atoms with Crippen LogP contribution in [0.25, 0.3) is 0 Å². The fourth-order valence-corrected chi connectivity index (χ4v) is 4.25. The van der Waals surface area contributed by atoms with Gasteiger partial charge in [-0.25, -0.2) is 0 Å². The van der Waals surface area contributed by atoms with Crippen molar-refractivity contribution < 1.29 is 19.4 Å². The Morgan fingerprint density at radius 1 is 0.970 bits per heavy atom. The molecule has 33 heavy (non-hydrogen) atoms. The van der Waals surface area contributed by atoms with E-state index in [2.05, 4.69) is 16.0 Å². The number of methoxy groups -OCH3 is 1. The second-order valence-corrected chi connectivity index (χ2v) is 8.56. The molecule has 0 radical (unpaired) electrons. The first-order chi connectivity index (χ1) is 16.1. The van der Waals surface area contributed by atoms with Crippen molar-refractivity contribution in [2.75, 3.05) is 25.5 Å². The number of aliphatic hydroxyl groups is 1. The topological polar surface area (TPSA) is 99.7 Å². The molecule has 1 saturated carbocycles. The average Bonchev–Trinajstić information content (AvgIpc) is 2.87. The predicted molar refractivity (Wildman–Crippen MR) is 129 cm³/mol. The highest BCUT2D eigenvalue weighted by atomic mass is 16.5. The predicted octanol–water partition coefficient (Wildman–Crippen LogP) is 3.41. The van der Waals surface area contributed by atoms with Crippen LogP contribution >= 0.6 is 0 Å². The molecule has 0 unspecified atom stereocenters. The van der Waals surface area contributed by atoms with E-state index in [0.29, 0.717) is 31.0 Å². The van der Waals surface area contributed by atoms with Gasteiger partial charge < -0.3 is 25.8 Å². The second kappa shape index (κ2) is 12.8. The molecule has 2 amide bonds. The highest BCUT2D eigenvalue weighted by Gasteiger charge is 2.28. The van der Waals surface area contributed by atoms with Crippen molar-refractivity contribution in [3.8, 4) is 5.75 Å². The number of amides is 2. The molecule has 7 nitrogen and oxygen atoms in total. The number of aliphatic hydroxyl groups excluding tert-OH is 1. The summed E-state index contributed by atoms with van der Waals surface area (Å²) in [6.45, 7) is 0.970. The number of carbonyl (C=O) groups excluding carboxylic acids is 2. The van der Waals surface area contributed by atoms with E-state index in [1.807, 2.05) is 30.3 Å². The van der Waals surface area contributed by atoms with Crippen LogP contribution in [-0.2, 0) is 9.59 Å². The monoisotopic (exact) mass is 453 g/mol. The summed E-state index contributed by atoms with van der Waals surface area (Å²) in [5, 5.41) is 19.4. The standard InChI is InChI=1S/C26H35N3O4/c1-33-22-14-12-21(13-15-22)27-16-17-28-25(31)23(18-19-8-4-2-5-9-19)29-26(32)24(30)20-10-6-3-7-11-20/h3,6-7,10-15,19,23-24,27,30H,2,4-5,8-9,16-18H2,1H3,(H,28,31)(H,29,32)/t23-,24+/m0/s1. The van der Waals surface area contributed by atoms with Crippen molar-refractivity contribution in [1.82, 2.24) is 10.6 Å². The quantitative estimate of drug-likeness (QED) is 0.391. The average molecular weight is 454 g/mol. The molecule has 0 saturated heterocycles. The minimum atomic E-state index is -1.30. The van der Waals surface area contributed by atoms with Gasteiger partial charge in [0.1, 0.15) is 11.8 Å². The number of ether oxygens (including phenoxy) is 1. The lowest BCUT2D eigenvalue weighted by atomic mass is 9.84. The zero-order chi connectivity index (χ0) is 23.5. The summed E-state index contributed by atoms with van der Waals surface area (Å²) in [7, 11) is 1.62. The fourth-order valence-electron chi connectivity index (χ4n) is 4.25. The molecule has 1 aliphatic carbocycles. The van der Waals surface area contributed by atoms with Gasteiger partial charge in [-0.3, -0.25) is 9.59 Å². The van der Waals surface area contributed by atoms with Crippen molar-refractivity contribution >= 4 is 17.5 Å². The normalized spacial score (nSPS) is 15.8. The van der Waals surface area contributed by atoms with Crippen LogP contribution in [0.3, 0.4) is 0 Å². The first-order valence-corrected chi connectivity index (χ1v) is 11.8. The molecular weight excluding hydrogens is 418 g/mol. The maximum Gasteiger partial charge on any atom is 0.254 e. The van der Waals surface area contributed by atoms with Crippen molar-refractivity contribution in [3.05, 3.63) is 60.2 Å². The Hall–Kier alpha value is -3.06. The third-order valence-electron chi connectivity index (χ3n) is 6.13. The van der Waals surface area contributed by atoms with Gasteiger partial charge in [-0.2, -0.15) is 0 Å². The number of benzene rings is 2. The molecule has 2 atom stereocenters. The Kier molecular flexibility index (Phi) is 9.57. The number of hydrogen-bond donors (Lipinski definition) is 4. The zero-order valence-corrected chi connectivity index (χ0v) is 19.3. The summed E-state index contributed by atoms with van der Waals surface area (Å²) in [5.41, 5.74) is 1.44. The molecule has 178 valence electrons. The van der Waals surface area contributed by atoms with E-state index in [-0.39, 0.29) is 5.91 Å². The summed E-state index contributed by atoms with van der Waals surface area (Å²) in [5.74, 6) is 0.424. The largest absolute Gasteiger partial charge is 0.497 e. The van der Waals surface area contributed by atoms with Crippen LogP contribution in [0.2, 0.25) is 0 Å². The van der Waals surface area contributed by atoms with Crippen molar-refractivity contribution in [3.63, 3.8) is 0 Å². The number of hydrogen-bond acceptors (Lipinski definition) is 5. The minimum absolute atomic E-state index is 0.217. The lowest BCUT2D eigenvalue weighted by molar-refractivity contribution is -0.134. The molecule has 2 aromatic rings. The van der Waals surface area contributed by atoms with Crippen molar-refractivity contribution in [2.45, 2.75) is 50.7 Å². The molecule has 0 bridgehead atoms. The van der Waals surface area contributed by atoms with Gasteiger partial charge in [0.05, 0.1) is 7.11 Å². The fraction of sp³-hybridized carbons (Fsp3) is 0.462. The minimum Gasteiger partial charge on any atom is -0.497 e. The van der Waals surface area contributed by atoms with Crippen LogP contribution in [0, 0.1) is 5.92 Å². The third kappa shape index (κ3) is 7.79. The van der Waals surface area contributed by atoms with Gasteiger partial charge in [-0.15, -0.1) is 0 Å². The first-order valence-electron chi connectivity index (χ1n) is 11.8. The molecule has 1 aliphatic rings. The summed E-state index contributed by atoms with van der Waals surface area (Å²) in [6, 6.07) is 15.7. The van der Waals surface area contributed by atoms with Gasteiger partial charge in [0.25, 0.3) is 5.91 Å². The molecular formula is C26H35N3O4. The maximum absolute atomic E-state index is 13.0. The summed E-state index contributed by atoms with van der Waals surface area (Å²) in [4.78, 5) is 25.7. The van der Waals surface area contributed by atoms with Gasteiger partial charge in [-0.1, -0.05) is 62.4 Å². The van der Waals surface area contributed by atoms with Gasteiger partial charge in [0.2, 0.25) is 5.91 Å². The Morgan fingerprint density at radius 3 is 2.33 bits per heavy atom. The Morgan fingerprint density at radius 2 is 1.67 bits per heavy atom. The van der Waals surface area contributed by atoms with Crippen LogP contribution < -0.4 is 20.7 Å². The van der Waals surface area contributed by atoms with Gasteiger partial charge in [0.15, 0.2) is 6.10 Å². The van der Waals surface area contributed by atoms with E-state index >= 15 is 0 Å². The SMILES string of the molecule is COc1ccc(NCCNC(=O)[C@H](CC2CCCCC2)NC(=O)[C@H](O)c2ccccc2)cc1. The number of carbonyl (C=O) groups is 2. The van der Waals surface area contributed by atoms with Gasteiger partial charge in [-0.05, 0) is 42.2 Å². The Balaban J connectivity index is 1.54. The molecule has 0 aliphatic heterocycles. The van der Waals surface area contributed by atoms with Gasteiger partial charge in [0, 0.05) is 18.8 Å². The van der Waals surface area contributed by atoms with Gasteiger partial charge >= 0.3 is 0 Å². The molecule has 0 heterocycles. The van der Waals surface area contributed by atoms with Crippen molar-refractivity contribution in [2.24, 2.45) is 5.92 Å². The summed E-state index contributed by atoms with van der Waals surface area (Å²) < 4.78 is 5.15. The summed E-state index contributed by atoms with van der Waals surface area (Å²) >= 11 is 0. The van der Waals surface area contributed by atoms with Crippen LogP contribution in [0.15, 0.2) is 54.6 Å². The molecule has 1 fully saturated rings. The number of rotatable bonds is 11. The molecule has 7 heteroatoms. The molecule has 0 aromatic heterocycles. The highest BCUT2D eigenvalue weighted by Crippen LogP contribution is 2.27. The smallest absolute Gasteiger partial charge is 0.254 e. The lowest BCUT2D eigenvalue weighted by Gasteiger charge is -2.27. The van der Waals surface area contributed by atoms with E-state index in [0.717, 1.165) is 37.1 Å². The number of anilines is 1. The van der Waals surface area contributed by atoms with Crippen LogP contribution in [0.5, 0.6) is 5.75 Å². The van der Waals surface area contributed by atoms with Crippen LogP contribution in [0.1, 0.15) is 50.2 Å². The Labute approximate surface area is 195 Å². The van der Waals surface area contributed by atoms with E-state index in [1.54, 1.807) is 31.4 Å². The molecule has 2 aromatic carbocycles. The van der Waals surface area contributed by atoms with Crippen LogP contribution in [0.4, 0.5) is 5.69 Å². The second-order valence-electron chi connectivity index (χ2n) is 8.56. The van der Waals surface area contributed by atoms with E-state index < -0.39 is 18.1 Å². The maximum atomic E-state index is 13.0. The first kappa shape index (κ1) is 24.6. The van der Waals surface area contributed by atoms with E-state index in [9.17, 15) is 14.7 Å². The number of nitrogens with one attached hydrogen (secondary N) is 3. The van der Waals surface area contributed by atoms with E-state index in [4.69, 9.17) is 4.74 Å². The lowest BCUT2D eigenvalue weighted by Crippen LogP contribution is -2.49. The molecule has 4 N–H and O–H groups in total.